The lowest BCUT2D eigenvalue weighted by Crippen LogP contribution is -2.16. The van der Waals surface area contributed by atoms with Crippen LogP contribution in [-0.4, -0.2) is 47.7 Å². The molecule has 0 spiro atoms. The molecule has 10 nitrogen and oxygen atoms in total. The van der Waals surface area contributed by atoms with Crippen LogP contribution in [0.25, 0.3) is 16.9 Å². The van der Waals surface area contributed by atoms with Crippen molar-refractivity contribution in [2.75, 3.05) is 12.3 Å². The van der Waals surface area contributed by atoms with E-state index in [1.165, 1.54) is 10.9 Å². The number of nitrogens with one attached hydrogen (secondary N) is 1. The van der Waals surface area contributed by atoms with E-state index in [2.05, 4.69) is 26.8 Å². The van der Waals surface area contributed by atoms with Crippen molar-refractivity contribution in [1.82, 2.24) is 19.5 Å². The standard InChI is InChI=1S/C14H14F2N5O5P/c15-14(16,27(23,24)25)5-2-1-3-9-8(4-6-26-9)21-7-18-10-11(21)19-13(17)20-12(10)22/h4,7,9H,3,5-6H2,(H2,23,24,25)(H3,17,19,20,22). The number of nitrogen functional groups attached to an aromatic ring is 1. The van der Waals surface area contributed by atoms with E-state index in [1.54, 1.807) is 6.08 Å². The molecule has 1 aliphatic rings. The second-order valence-corrected chi connectivity index (χ2v) is 7.38. The number of aromatic nitrogens is 4. The monoisotopic (exact) mass is 401 g/mol. The van der Waals surface area contributed by atoms with Gasteiger partial charge in [-0.25, -0.2) is 4.98 Å². The number of H-pyrrole nitrogens is 1. The zero-order valence-corrected chi connectivity index (χ0v) is 14.5. The number of rotatable bonds is 4. The van der Waals surface area contributed by atoms with Crippen LogP contribution < -0.4 is 11.3 Å². The lowest BCUT2D eigenvalue weighted by Gasteiger charge is -2.14. The molecule has 2 aromatic heterocycles. The van der Waals surface area contributed by atoms with E-state index in [-0.39, 0.29) is 30.1 Å². The Morgan fingerprint density at radius 1 is 1.48 bits per heavy atom. The van der Waals surface area contributed by atoms with Gasteiger partial charge in [0.05, 0.1) is 18.7 Å². The van der Waals surface area contributed by atoms with Gasteiger partial charge in [-0.3, -0.25) is 18.9 Å². The highest BCUT2D eigenvalue weighted by Gasteiger charge is 2.47. The molecule has 2 aromatic rings. The van der Waals surface area contributed by atoms with Crippen LogP contribution in [0.3, 0.4) is 0 Å². The van der Waals surface area contributed by atoms with Crippen molar-refractivity contribution in [2.24, 2.45) is 0 Å². The minimum Gasteiger partial charge on any atom is -0.369 e. The van der Waals surface area contributed by atoms with Crippen LogP contribution in [0.2, 0.25) is 0 Å². The summed E-state index contributed by atoms with van der Waals surface area (Å²) in [5, 5.41) is 0. The van der Waals surface area contributed by atoms with Gasteiger partial charge in [0.2, 0.25) is 5.95 Å². The number of aromatic amines is 1. The van der Waals surface area contributed by atoms with Crippen molar-refractivity contribution in [3.8, 4) is 11.8 Å². The second-order valence-electron chi connectivity index (χ2n) is 5.63. The third kappa shape index (κ3) is 3.77. The number of hydrogen-bond donors (Lipinski definition) is 4. The summed E-state index contributed by atoms with van der Waals surface area (Å²) in [6.45, 7) is 0.221. The Hall–Kier alpha value is -2.58. The van der Waals surface area contributed by atoms with Crippen LogP contribution >= 0.6 is 7.60 Å². The quantitative estimate of drug-likeness (QED) is 0.426. The minimum absolute atomic E-state index is 0.0125. The van der Waals surface area contributed by atoms with Crippen molar-refractivity contribution in [1.29, 1.82) is 0 Å². The number of halogens is 2. The van der Waals surface area contributed by atoms with Gasteiger partial charge in [0, 0.05) is 6.42 Å². The first-order chi connectivity index (χ1) is 12.6. The van der Waals surface area contributed by atoms with Crippen LogP contribution in [0.15, 0.2) is 17.2 Å². The fraction of sp³-hybridized carbons (Fsp3) is 0.357. The molecule has 1 atom stereocenters. The predicted octanol–water partition coefficient (Wildman–Crippen LogP) is 0.496. The van der Waals surface area contributed by atoms with E-state index < -0.39 is 31.3 Å². The molecule has 5 N–H and O–H groups in total. The lowest BCUT2D eigenvalue weighted by atomic mass is 10.2. The van der Waals surface area contributed by atoms with Gasteiger partial charge < -0.3 is 20.3 Å². The average molecular weight is 401 g/mol. The first-order valence-corrected chi connectivity index (χ1v) is 9.15. The van der Waals surface area contributed by atoms with Crippen LogP contribution in [0.5, 0.6) is 0 Å². The minimum atomic E-state index is -5.57. The number of fused-ring (bicyclic) bond motifs is 1. The molecule has 1 aliphatic heterocycles. The molecule has 0 bridgehead atoms. The molecule has 1 unspecified atom stereocenters. The number of nitrogens with zero attached hydrogens (tertiary/aromatic N) is 3. The molecule has 0 amide bonds. The van der Waals surface area contributed by atoms with Crippen molar-refractivity contribution < 1.29 is 27.9 Å². The molecular formula is C14H14F2N5O5P. The predicted molar refractivity (Wildman–Crippen MR) is 90.6 cm³/mol. The molecule has 0 fully saturated rings. The van der Waals surface area contributed by atoms with Gasteiger partial charge in [-0.2, -0.15) is 13.8 Å². The molecule has 0 aromatic carbocycles. The first kappa shape index (κ1) is 19.2. The molecule has 0 radical (unpaired) electrons. The van der Waals surface area contributed by atoms with Crippen LogP contribution in [-0.2, 0) is 9.30 Å². The van der Waals surface area contributed by atoms with E-state index in [1.807, 2.05) is 0 Å². The van der Waals surface area contributed by atoms with Gasteiger partial charge in [0.15, 0.2) is 11.2 Å². The number of hydrogen-bond acceptors (Lipinski definition) is 6. The van der Waals surface area contributed by atoms with Gasteiger partial charge in [0.25, 0.3) is 5.56 Å². The van der Waals surface area contributed by atoms with Crippen molar-refractivity contribution in [3.63, 3.8) is 0 Å². The second kappa shape index (κ2) is 6.86. The molecule has 0 saturated heterocycles. The van der Waals surface area contributed by atoms with Crippen molar-refractivity contribution >= 4 is 30.4 Å². The summed E-state index contributed by atoms with van der Waals surface area (Å²) in [4.78, 5) is 39.3. The molecule has 0 aliphatic carbocycles. The zero-order valence-electron chi connectivity index (χ0n) is 13.6. The number of ether oxygens (including phenoxy) is 1. The van der Waals surface area contributed by atoms with E-state index in [0.717, 1.165) is 0 Å². The highest BCUT2D eigenvalue weighted by Crippen LogP contribution is 2.54. The SMILES string of the molecule is Nc1nc2c(ncn2C2=CCOC2CC#CCC(F)(F)P(=O)(O)O)c(=O)[nH]1. The number of anilines is 1. The number of nitrogens with two attached hydrogens (primary N) is 1. The average Bonchev–Trinajstić information content (AvgIpc) is 3.16. The highest BCUT2D eigenvalue weighted by molar-refractivity contribution is 7.53. The fourth-order valence-electron chi connectivity index (χ4n) is 2.44. The van der Waals surface area contributed by atoms with Crippen molar-refractivity contribution in [2.45, 2.75) is 24.6 Å². The fourth-order valence-corrected chi connectivity index (χ4v) is 2.72. The van der Waals surface area contributed by atoms with Crippen LogP contribution in [0.4, 0.5) is 14.7 Å². The summed E-state index contributed by atoms with van der Waals surface area (Å²) < 4.78 is 44.1. The normalized spacial score (nSPS) is 17.6. The van der Waals surface area contributed by atoms with E-state index in [4.69, 9.17) is 20.3 Å². The zero-order chi connectivity index (χ0) is 19.8. The molecule has 144 valence electrons. The summed E-state index contributed by atoms with van der Waals surface area (Å²) in [5.74, 6) is 4.40. The van der Waals surface area contributed by atoms with Gasteiger partial charge >= 0.3 is 13.3 Å². The smallest absolute Gasteiger partial charge is 0.369 e. The summed E-state index contributed by atoms with van der Waals surface area (Å²) in [6.07, 6.45) is 1.14. The molecular weight excluding hydrogens is 387 g/mol. The Balaban J connectivity index is 1.79. The van der Waals surface area contributed by atoms with E-state index in [9.17, 15) is 18.1 Å². The summed E-state index contributed by atoms with van der Waals surface area (Å²) in [7, 11) is -5.57. The highest BCUT2D eigenvalue weighted by atomic mass is 31.2. The topological polar surface area (TPSA) is 156 Å². The number of imidazole rings is 1. The summed E-state index contributed by atoms with van der Waals surface area (Å²) in [6, 6.07) is 0. The molecule has 0 saturated carbocycles. The number of alkyl halides is 2. The Kier molecular flexibility index (Phi) is 4.88. The third-order valence-electron chi connectivity index (χ3n) is 3.76. The maximum absolute atomic E-state index is 13.2. The van der Waals surface area contributed by atoms with Gasteiger partial charge in [-0.05, 0) is 6.08 Å². The maximum atomic E-state index is 13.2. The van der Waals surface area contributed by atoms with Gasteiger partial charge in [-0.1, -0.05) is 11.8 Å². The third-order valence-corrected chi connectivity index (χ3v) is 4.77. The van der Waals surface area contributed by atoms with Crippen LogP contribution in [0, 0.1) is 11.8 Å². The maximum Gasteiger partial charge on any atom is 0.395 e. The summed E-state index contributed by atoms with van der Waals surface area (Å²) in [5.41, 5.74) is 1.65. The Bertz CT molecular complexity index is 1080. The Labute approximate surface area is 150 Å². The lowest BCUT2D eigenvalue weighted by molar-refractivity contribution is 0.0642. The van der Waals surface area contributed by atoms with E-state index >= 15 is 0 Å². The first-order valence-electron chi connectivity index (χ1n) is 7.54. The molecule has 3 heterocycles. The van der Waals surface area contributed by atoms with Crippen LogP contribution in [0.1, 0.15) is 12.8 Å². The van der Waals surface area contributed by atoms with Gasteiger partial charge in [-0.15, -0.1) is 0 Å². The molecule has 13 heteroatoms. The van der Waals surface area contributed by atoms with E-state index in [0.29, 0.717) is 5.70 Å². The molecule has 3 rings (SSSR count). The summed E-state index contributed by atoms with van der Waals surface area (Å²) >= 11 is 0. The molecule has 27 heavy (non-hydrogen) atoms. The Morgan fingerprint density at radius 2 is 2.22 bits per heavy atom. The largest absolute Gasteiger partial charge is 0.395 e. The van der Waals surface area contributed by atoms with Crippen molar-refractivity contribution in [3.05, 3.63) is 22.8 Å². The Morgan fingerprint density at radius 3 is 2.93 bits per heavy atom. The van der Waals surface area contributed by atoms with Gasteiger partial charge in [0.1, 0.15) is 12.4 Å².